The summed E-state index contributed by atoms with van der Waals surface area (Å²) in [5.41, 5.74) is 0.736. The van der Waals surface area contributed by atoms with Crippen LogP contribution in [0.2, 0.25) is 0 Å². The summed E-state index contributed by atoms with van der Waals surface area (Å²) in [6, 6.07) is 10.3. The molecule has 24 heavy (non-hydrogen) atoms. The molecule has 1 amide bonds. The highest BCUT2D eigenvalue weighted by atomic mass is 79.9. The molecule has 0 aliphatic carbocycles. The van der Waals surface area contributed by atoms with Crippen LogP contribution in [-0.4, -0.2) is 23.9 Å². The van der Waals surface area contributed by atoms with Crippen molar-refractivity contribution in [3.63, 3.8) is 0 Å². The number of rotatable bonds is 5. The highest BCUT2D eigenvalue weighted by molar-refractivity contribution is 9.10. The van der Waals surface area contributed by atoms with Crippen molar-refractivity contribution in [3.05, 3.63) is 52.6 Å². The van der Waals surface area contributed by atoms with Crippen LogP contribution < -0.4 is 10.1 Å². The molecule has 0 spiro atoms. The highest BCUT2D eigenvalue weighted by Gasteiger charge is 2.29. The first-order chi connectivity index (χ1) is 11.3. The van der Waals surface area contributed by atoms with Crippen molar-refractivity contribution in [3.8, 4) is 5.88 Å². The predicted octanol–water partition coefficient (Wildman–Crippen LogP) is 4.53. The van der Waals surface area contributed by atoms with Gasteiger partial charge >= 0.3 is 12.3 Å². The summed E-state index contributed by atoms with van der Waals surface area (Å²) < 4.78 is 46.8. The van der Waals surface area contributed by atoms with Crippen molar-refractivity contribution in [2.75, 3.05) is 11.9 Å². The van der Waals surface area contributed by atoms with Crippen molar-refractivity contribution in [2.24, 2.45) is 0 Å². The Kier molecular flexibility index (Phi) is 6.02. The van der Waals surface area contributed by atoms with Gasteiger partial charge in [0.1, 0.15) is 12.3 Å². The zero-order valence-corrected chi connectivity index (χ0v) is 13.7. The number of nitrogens with zero attached hydrogens (tertiary/aromatic N) is 1. The molecule has 1 heterocycles. The smallest absolute Gasteiger partial charge is 0.422 e. The number of carbonyl (C=O) groups is 1. The molecule has 0 bridgehead atoms. The number of halogens is 4. The number of alkyl halides is 3. The molecular formula is C15H12BrF3N2O3. The molecule has 2 rings (SSSR count). The van der Waals surface area contributed by atoms with Crippen molar-refractivity contribution < 1.29 is 27.4 Å². The second-order valence-corrected chi connectivity index (χ2v) is 5.51. The van der Waals surface area contributed by atoms with Gasteiger partial charge in [-0.05, 0) is 27.6 Å². The van der Waals surface area contributed by atoms with E-state index in [0.717, 1.165) is 5.56 Å². The summed E-state index contributed by atoms with van der Waals surface area (Å²) >= 11 is 3.12. The van der Waals surface area contributed by atoms with E-state index in [1.807, 2.05) is 6.07 Å². The molecular weight excluding hydrogens is 393 g/mol. The largest absolute Gasteiger partial charge is 0.467 e. The van der Waals surface area contributed by atoms with Crippen LogP contribution in [0.5, 0.6) is 5.88 Å². The first kappa shape index (κ1) is 18.1. The summed E-state index contributed by atoms with van der Waals surface area (Å²) in [5.74, 6) is -0.354. The van der Waals surface area contributed by atoms with Crippen molar-refractivity contribution >= 4 is 27.7 Å². The Balaban J connectivity index is 1.99. The zero-order valence-electron chi connectivity index (χ0n) is 12.1. The van der Waals surface area contributed by atoms with E-state index in [1.165, 1.54) is 12.3 Å². The zero-order chi connectivity index (χ0) is 17.6. The minimum absolute atomic E-state index is 0.0207. The maximum Gasteiger partial charge on any atom is 0.422 e. The van der Waals surface area contributed by atoms with Crippen LogP contribution in [0.25, 0.3) is 0 Å². The lowest BCUT2D eigenvalue weighted by Gasteiger charge is -2.13. The van der Waals surface area contributed by atoms with Gasteiger partial charge in [0.15, 0.2) is 6.61 Å². The molecule has 2 aromatic rings. The Morgan fingerprint density at radius 1 is 1.25 bits per heavy atom. The molecule has 0 atom stereocenters. The molecule has 1 aromatic carbocycles. The number of aromatic nitrogens is 1. The Morgan fingerprint density at radius 3 is 2.62 bits per heavy atom. The fraction of sp³-hybridized carbons (Fsp3) is 0.200. The van der Waals surface area contributed by atoms with E-state index >= 15 is 0 Å². The number of hydrogen-bond donors (Lipinski definition) is 1. The number of ether oxygens (including phenoxy) is 2. The number of carbonyl (C=O) groups excluding carboxylic acids is 1. The van der Waals surface area contributed by atoms with Gasteiger partial charge in [-0.3, -0.25) is 5.32 Å². The van der Waals surface area contributed by atoms with Crippen molar-refractivity contribution in [2.45, 2.75) is 12.8 Å². The Labute approximate surface area is 143 Å². The molecule has 0 radical (unpaired) electrons. The Hall–Kier alpha value is -2.29. The van der Waals surface area contributed by atoms with E-state index in [0.29, 0.717) is 4.47 Å². The van der Waals surface area contributed by atoms with Gasteiger partial charge in [-0.25, -0.2) is 9.78 Å². The summed E-state index contributed by atoms with van der Waals surface area (Å²) in [6.45, 7) is -1.50. The summed E-state index contributed by atoms with van der Waals surface area (Å²) in [6.07, 6.45) is -4.10. The SMILES string of the molecule is O=C(Nc1cc(Br)cnc1OCC(F)(F)F)OCc1ccccc1. The maximum atomic E-state index is 12.2. The third-order valence-electron chi connectivity index (χ3n) is 2.64. The van der Waals surface area contributed by atoms with Crippen LogP contribution >= 0.6 is 15.9 Å². The van der Waals surface area contributed by atoms with Crippen LogP contribution in [0.15, 0.2) is 47.1 Å². The number of nitrogens with one attached hydrogen (secondary N) is 1. The standard InChI is InChI=1S/C15H12BrF3N2O3/c16-11-6-12(13(20-7-11)24-9-15(17,18)19)21-14(22)23-8-10-4-2-1-3-5-10/h1-7H,8-9H2,(H,21,22). The summed E-state index contributed by atoms with van der Waals surface area (Å²) in [7, 11) is 0. The fourth-order valence-electron chi connectivity index (χ4n) is 1.65. The lowest BCUT2D eigenvalue weighted by molar-refractivity contribution is -0.153. The second-order valence-electron chi connectivity index (χ2n) is 4.60. The summed E-state index contributed by atoms with van der Waals surface area (Å²) in [5, 5.41) is 2.31. The molecule has 0 aliphatic rings. The van der Waals surface area contributed by atoms with Gasteiger partial charge in [0.25, 0.3) is 0 Å². The molecule has 0 saturated carbocycles. The lowest BCUT2D eigenvalue weighted by atomic mass is 10.2. The van der Waals surface area contributed by atoms with E-state index in [-0.39, 0.29) is 18.2 Å². The number of anilines is 1. The molecule has 0 saturated heterocycles. The number of pyridine rings is 1. The van der Waals surface area contributed by atoms with Crippen LogP contribution in [0, 0.1) is 0 Å². The van der Waals surface area contributed by atoms with E-state index in [2.05, 4.69) is 31.0 Å². The number of benzene rings is 1. The first-order valence-electron chi connectivity index (χ1n) is 6.66. The third kappa shape index (κ3) is 6.07. The van der Waals surface area contributed by atoms with E-state index in [4.69, 9.17) is 4.74 Å². The van der Waals surface area contributed by atoms with Crippen LogP contribution in [0.1, 0.15) is 5.56 Å². The topological polar surface area (TPSA) is 60.5 Å². The summed E-state index contributed by atoms with van der Waals surface area (Å²) in [4.78, 5) is 15.5. The fourth-order valence-corrected chi connectivity index (χ4v) is 1.98. The van der Waals surface area contributed by atoms with Crippen molar-refractivity contribution in [1.29, 1.82) is 0 Å². The van der Waals surface area contributed by atoms with Gasteiger partial charge < -0.3 is 9.47 Å². The van der Waals surface area contributed by atoms with Crippen LogP contribution in [-0.2, 0) is 11.3 Å². The Morgan fingerprint density at radius 2 is 1.96 bits per heavy atom. The van der Waals surface area contributed by atoms with Crippen LogP contribution in [0.4, 0.5) is 23.7 Å². The number of amides is 1. The third-order valence-corrected chi connectivity index (χ3v) is 3.07. The predicted molar refractivity (Wildman–Crippen MR) is 83.7 cm³/mol. The van der Waals surface area contributed by atoms with E-state index in [1.54, 1.807) is 24.3 Å². The van der Waals surface area contributed by atoms with Gasteiger partial charge in [0.2, 0.25) is 5.88 Å². The molecule has 5 nitrogen and oxygen atoms in total. The van der Waals surface area contributed by atoms with Gasteiger partial charge in [0, 0.05) is 10.7 Å². The minimum atomic E-state index is -4.51. The van der Waals surface area contributed by atoms with Crippen molar-refractivity contribution in [1.82, 2.24) is 4.98 Å². The van der Waals surface area contributed by atoms with Gasteiger partial charge in [-0.15, -0.1) is 0 Å². The molecule has 1 aromatic heterocycles. The monoisotopic (exact) mass is 404 g/mol. The molecule has 1 N–H and O–H groups in total. The second kappa shape index (κ2) is 8.00. The molecule has 0 unspecified atom stereocenters. The average molecular weight is 405 g/mol. The first-order valence-corrected chi connectivity index (χ1v) is 7.45. The normalized spacial score (nSPS) is 11.0. The highest BCUT2D eigenvalue weighted by Crippen LogP contribution is 2.27. The van der Waals surface area contributed by atoms with Crippen LogP contribution in [0.3, 0.4) is 0 Å². The maximum absolute atomic E-state index is 12.2. The quantitative estimate of drug-likeness (QED) is 0.794. The van der Waals surface area contributed by atoms with Gasteiger partial charge in [-0.1, -0.05) is 30.3 Å². The van der Waals surface area contributed by atoms with Gasteiger partial charge in [-0.2, -0.15) is 13.2 Å². The Bertz CT molecular complexity index is 696. The van der Waals surface area contributed by atoms with Gasteiger partial charge in [0.05, 0.1) is 0 Å². The molecule has 0 aliphatic heterocycles. The number of hydrogen-bond acceptors (Lipinski definition) is 4. The minimum Gasteiger partial charge on any atom is -0.467 e. The lowest BCUT2D eigenvalue weighted by Crippen LogP contribution is -2.21. The molecule has 128 valence electrons. The van der Waals surface area contributed by atoms with E-state index in [9.17, 15) is 18.0 Å². The van der Waals surface area contributed by atoms with E-state index < -0.39 is 18.9 Å². The average Bonchev–Trinajstić information content (AvgIpc) is 2.52. The molecule has 9 heteroatoms. The molecule has 0 fully saturated rings.